The molecule has 0 amide bonds. The van der Waals surface area contributed by atoms with Crippen molar-refractivity contribution >= 4 is 17.9 Å². The lowest BCUT2D eigenvalue weighted by Crippen LogP contribution is -2.27. The molecule has 0 aliphatic carbocycles. The van der Waals surface area contributed by atoms with Crippen LogP contribution in [-0.4, -0.2) is 21.6 Å². The highest BCUT2D eigenvalue weighted by Gasteiger charge is 2.26. The number of carbonyl (C=O) groups is 1. The molecule has 1 aliphatic heterocycles. The fraction of sp³-hybridized carbons (Fsp3) is 0.190. The van der Waals surface area contributed by atoms with E-state index in [9.17, 15) is 15.0 Å². The lowest BCUT2D eigenvalue weighted by atomic mass is 9.94. The van der Waals surface area contributed by atoms with Gasteiger partial charge in [-0.1, -0.05) is 18.2 Å². The van der Waals surface area contributed by atoms with E-state index in [4.69, 9.17) is 4.74 Å². The van der Waals surface area contributed by atoms with Crippen LogP contribution in [-0.2, 0) is 0 Å². The van der Waals surface area contributed by atoms with Gasteiger partial charge in [0, 0.05) is 0 Å². The molecular weight excluding hydrogens is 316 g/mol. The van der Waals surface area contributed by atoms with Gasteiger partial charge in [0.2, 0.25) is 0 Å². The van der Waals surface area contributed by atoms with Crippen molar-refractivity contribution in [3.63, 3.8) is 0 Å². The normalized spacial score (nSPS) is 15.0. The third kappa shape index (κ3) is 3.43. The van der Waals surface area contributed by atoms with Crippen LogP contribution in [0.4, 0.5) is 0 Å². The van der Waals surface area contributed by atoms with Crippen molar-refractivity contribution in [3.05, 3.63) is 64.7 Å². The minimum absolute atomic E-state index is 0.0675. The van der Waals surface area contributed by atoms with Crippen molar-refractivity contribution < 1.29 is 19.7 Å². The molecule has 0 radical (unpaired) electrons. The number of benzene rings is 2. The Balaban J connectivity index is 1.95. The first-order valence-electron chi connectivity index (χ1n) is 8.03. The maximum atomic E-state index is 12.6. The number of ether oxygens (including phenoxy) is 1. The Morgan fingerprint density at radius 3 is 2.52 bits per heavy atom. The molecule has 4 heteroatoms. The van der Waals surface area contributed by atoms with Gasteiger partial charge in [-0.25, -0.2) is 0 Å². The molecule has 1 aliphatic rings. The van der Waals surface area contributed by atoms with Crippen LogP contribution in [0.5, 0.6) is 17.2 Å². The number of aromatic hydroxyl groups is 2. The molecule has 0 bridgehead atoms. The average molecular weight is 336 g/mol. The largest absolute Gasteiger partial charge is 0.508 e. The summed E-state index contributed by atoms with van der Waals surface area (Å²) in [7, 11) is 0. The molecule has 0 spiro atoms. The zero-order valence-corrected chi connectivity index (χ0v) is 14.4. The maximum Gasteiger partial charge on any atom is 0.189 e. The van der Waals surface area contributed by atoms with E-state index in [-0.39, 0.29) is 22.8 Å². The zero-order chi connectivity index (χ0) is 18.2. The monoisotopic (exact) mass is 336 g/mol. The van der Waals surface area contributed by atoms with Crippen molar-refractivity contribution in [2.45, 2.75) is 26.4 Å². The number of aryl methyl sites for hydroxylation is 1. The van der Waals surface area contributed by atoms with Crippen LogP contribution in [0.1, 0.15) is 40.9 Å². The number of hydrogen-bond donors (Lipinski definition) is 2. The van der Waals surface area contributed by atoms with E-state index in [0.717, 1.165) is 5.56 Å². The predicted octanol–water partition coefficient (Wildman–Crippen LogP) is 4.49. The van der Waals surface area contributed by atoms with E-state index in [1.165, 1.54) is 6.08 Å². The number of phenolic OH excluding ortho intramolecular Hbond substituents is 2. The lowest BCUT2D eigenvalue weighted by Gasteiger charge is -2.29. The highest BCUT2D eigenvalue weighted by Crippen LogP contribution is 2.40. The third-order valence-electron chi connectivity index (χ3n) is 4.09. The van der Waals surface area contributed by atoms with Gasteiger partial charge < -0.3 is 14.9 Å². The fourth-order valence-electron chi connectivity index (χ4n) is 2.78. The van der Waals surface area contributed by atoms with Gasteiger partial charge in [-0.05, 0) is 68.3 Å². The van der Waals surface area contributed by atoms with Crippen molar-refractivity contribution in [3.8, 4) is 17.2 Å². The predicted molar refractivity (Wildman–Crippen MR) is 98.1 cm³/mol. The van der Waals surface area contributed by atoms with Crippen molar-refractivity contribution in [1.82, 2.24) is 0 Å². The first-order chi connectivity index (χ1) is 11.8. The summed E-state index contributed by atoms with van der Waals surface area (Å²) in [5.74, 6) is 0.383. The molecule has 4 nitrogen and oxygen atoms in total. The third-order valence-corrected chi connectivity index (χ3v) is 4.09. The van der Waals surface area contributed by atoms with Gasteiger partial charge in [-0.15, -0.1) is 0 Å². The maximum absolute atomic E-state index is 12.6. The molecule has 1 heterocycles. The van der Waals surface area contributed by atoms with E-state index in [2.05, 4.69) is 0 Å². The number of fused-ring (bicyclic) bond motifs is 1. The topological polar surface area (TPSA) is 66.8 Å². The Kier molecular flexibility index (Phi) is 4.13. The van der Waals surface area contributed by atoms with Gasteiger partial charge in [-0.3, -0.25) is 4.79 Å². The second-order valence-electron chi connectivity index (χ2n) is 6.66. The number of carbonyl (C=O) groups excluding carboxylic acids is 1. The number of rotatable bonds is 3. The Bertz CT molecular complexity index is 887. The molecule has 0 unspecified atom stereocenters. The van der Waals surface area contributed by atoms with Gasteiger partial charge in [0.25, 0.3) is 0 Å². The highest BCUT2D eigenvalue weighted by atomic mass is 16.5. The molecule has 2 N–H and O–H groups in total. The molecular formula is C21H20O4. The van der Waals surface area contributed by atoms with Crippen LogP contribution >= 0.6 is 0 Å². The number of allylic oxidation sites excluding steroid dienone is 1. The molecule has 3 rings (SSSR count). The van der Waals surface area contributed by atoms with Crippen LogP contribution < -0.4 is 4.74 Å². The van der Waals surface area contributed by atoms with Crippen molar-refractivity contribution in [2.75, 3.05) is 0 Å². The van der Waals surface area contributed by atoms with E-state index in [1.54, 1.807) is 49.4 Å². The summed E-state index contributed by atoms with van der Waals surface area (Å²) in [5, 5.41) is 19.9. The summed E-state index contributed by atoms with van der Waals surface area (Å²) in [6, 6.07) is 8.29. The molecule has 2 aromatic carbocycles. The SMILES string of the molecule is Cc1cc2c(c(O)c1C(=O)/C=C/c1ccc(O)cc1)C=CC(C)(C)O2. The molecule has 0 saturated heterocycles. The first kappa shape index (κ1) is 16.8. The van der Waals surface area contributed by atoms with Crippen molar-refractivity contribution in [2.24, 2.45) is 0 Å². The first-order valence-corrected chi connectivity index (χ1v) is 8.03. The van der Waals surface area contributed by atoms with E-state index in [0.29, 0.717) is 16.9 Å². The van der Waals surface area contributed by atoms with Crippen LogP contribution in [0.15, 0.2) is 42.5 Å². The Labute approximate surface area is 146 Å². The standard InChI is InChI=1S/C21H20O4/c1-13-12-18-16(10-11-21(2,3)25-18)20(24)19(13)17(23)9-6-14-4-7-15(22)8-5-14/h4-12,22,24H,1-3H3/b9-6+. The van der Waals surface area contributed by atoms with E-state index >= 15 is 0 Å². The Morgan fingerprint density at radius 2 is 1.84 bits per heavy atom. The quantitative estimate of drug-likeness (QED) is 0.640. The van der Waals surface area contributed by atoms with Crippen LogP contribution in [0.2, 0.25) is 0 Å². The summed E-state index contributed by atoms with van der Waals surface area (Å²) in [5.41, 5.74) is 1.78. The molecule has 0 fully saturated rings. The van der Waals surface area contributed by atoms with Gasteiger partial charge in [0.15, 0.2) is 5.78 Å². The molecule has 0 aromatic heterocycles. The second kappa shape index (κ2) is 6.13. The van der Waals surface area contributed by atoms with Crippen LogP contribution in [0.3, 0.4) is 0 Å². The smallest absolute Gasteiger partial charge is 0.189 e. The molecule has 25 heavy (non-hydrogen) atoms. The van der Waals surface area contributed by atoms with Gasteiger partial charge in [-0.2, -0.15) is 0 Å². The lowest BCUT2D eigenvalue weighted by molar-refractivity contribution is 0.104. The number of ketones is 1. The number of phenols is 2. The van der Waals surface area contributed by atoms with E-state index < -0.39 is 5.60 Å². The highest BCUT2D eigenvalue weighted by molar-refractivity contribution is 6.10. The average Bonchev–Trinajstić information content (AvgIpc) is 2.53. The fourth-order valence-corrected chi connectivity index (χ4v) is 2.78. The summed E-state index contributed by atoms with van der Waals surface area (Å²) >= 11 is 0. The van der Waals surface area contributed by atoms with Crippen LogP contribution in [0, 0.1) is 6.92 Å². The number of hydrogen-bond acceptors (Lipinski definition) is 4. The summed E-state index contributed by atoms with van der Waals surface area (Å²) in [6.07, 6.45) is 6.70. The van der Waals surface area contributed by atoms with Gasteiger partial charge >= 0.3 is 0 Å². The Hall–Kier alpha value is -3.01. The molecule has 128 valence electrons. The summed E-state index contributed by atoms with van der Waals surface area (Å²) in [4.78, 5) is 12.6. The summed E-state index contributed by atoms with van der Waals surface area (Å²) < 4.78 is 5.86. The summed E-state index contributed by atoms with van der Waals surface area (Å²) in [6.45, 7) is 5.63. The minimum Gasteiger partial charge on any atom is -0.508 e. The molecule has 0 atom stereocenters. The van der Waals surface area contributed by atoms with Crippen molar-refractivity contribution in [1.29, 1.82) is 0 Å². The van der Waals surface area contributed by atoms with Gasteiger partial charge in [0.1, 0.15) is 22.8 Å². The van der Waals surface area contributed by atoms with E-state index in [1.807, 2.05) is 19.9 Å². The van der Waals surface area contributed by atoms with Gasteiger partial charge in [0.05, 0.1) is 11.1 Å². The minimum atomic E-state index is -0.448. The van der Waals surface area contributed by atoms with Crippen LogP contribution in [0.25, 0.3) is 12.2 Å². The molecule has 0 saturated carbocycles. The second-order valence-corrected chi connectivity index (χ2v) is 6.66. The molecule has 2 aromatic rings. The zero-order valence-electron chi connectivity index (χ0n) is 14.4. The Morgan fingerprint density at radius 1 is 1.16 bits per heavy atom.